The molecule has 0 saturated carbocycles. The summed E-state index contributed by atoms with van der Waals surface area (Å²) in [5.74, 6) is -0.340. The van der Waals surface area contributed by atoms with Crippen LogP contribution in [0.25, 0.3) is 0 Å². The molecular formula is C13H16N2O3S. The molecule has 0 aliphatic carbocycles. The lowest BCUT2D eigenvalue weighted by Crippen LogP contribution is -2.45. The quantitative estimate of drug-likeness (QED) is 0.650. The molecule has 5 nitrogen and oxygen atoms in total. The van der Waals surface area contributed by atoms with Crippen LogP contribution in [-0.2, 0) is 9.53 Å². The van der Waals surface area contributed by atoms with Gasteiger partial charge in [-0.3, -0.25) is 0 Å². The van der Waals surface area contributed by atoms with Gasteiger partial charge in [-0.15, -0.1) is 0 Å². The first-order valence-corrected chi connectivity index (χ1v) is 6.51. The number of allylic oxidation sites excluding steroid dienone is 1. The monoisotopic (exact) mass is 280 g/mol. The van der Waals surface area contributed by atoms with Crippen LogP contribution in [0.15, 0.2) is 34.3 Å². The van der Waals surface area contributed by atoms with Gasteiger partial charge in [0.1, 0.15) is 0 Å². The van der Waals surface area contributed by atoms with Gasteiger partial charge in [-0.2, -0.15) is 0 Å². The van der Waals surface area contributed by atoms with E-state index in [0.29, 0.717) is 23.0 Å². The molecule has 102 valence electrons. The number of thiocarbonyl (C=S) groups is 1. The normalized spacial score (nSPS) is 18.8. The van der Waals surface area contributed by atoms with Crippen LogP contribution in [0.2, 0.25) is 0 Å². The van der Waals surface area contributed by atoms with Crippen molar-refractivity contribution < 1.29 is 13.9 Å². The molecule has 2 N–H and O–H groups in total. The predicted octanol–water partition coefficient (Wildman–Crippen LogP) is 2.03. The van der Waals surface area contributed by atoms with E-state index < -0.39 is 0 Å². The van der Waals surface area contributed by atoms with Gasteiger partial charge in [-0.1, -0.05) is 6.92 Å². The maximum atomic E-state index is 12.1. The molecule has 1 aromatic heterocycles. The predicted molar refractivity (Wildman–Crippen MR) is 74.3 cm³/mol. The second-order valence-electron chi connectivity index (χ2n) is 4.26. The Labute approximate surface area is 117 Å². The van der Waals surface area contributed by atoms with E-state index in [-0.39, 0.29) is 12.0 Å². The van der Waals surface area contributed by atoms with Gasteiger partial charge in [0.25, 0.3) is 0 Å². The fourth-order valence-electron chi connectivity index (χ4n) is 1.93. The standard InChI is InChI=1S/C13H16N2O3S/c1-3-5-18-12(16)10-8(2)14-13(19)15-11(10)9-4-6-17-7-9/h4,6-7,11H,3,5H2,1-2H3,(H2,14,15,19). The molecule has 0 spiro atoms. The van der Waals surface area contributed by atoms with E-state index in [2.05, 4.69) is 10.6 Å². The molecule has 0 saturated heterocycles. The number of hydrogen-bond donors (Lipinski definition) is 2. The first-order valence-electron chi connectivity index (χ1n) is 6.11. The van der Waals surface area contributed by atoms with Crippen molar-refractivity contribution in [3.63, 3.8) is 0 Å². The van der Waals surface area contributed by atoms with Crippen LogP contribution < -0.4 is 10.6 Å². The lowest BCUT2D eigenvalue weighted by molar-refractivity contribution is -0.139. The van der Waals surface area contributed by atoms with E-state index in [1.165, 1.54) is 0 Å². The third-order valence-corrected chi connectivity index (χ3v) is 3.02. The van der Waals surface area contributed by atoms with Crippen LogP contribution in [-0.4, -0.2) is 17.7 Å². The molecule has 1 aliphatic heterocycles. The summed E-state index contributed by atoms with van der Waals surface area (Å²) < 4.78 is 10.3. The van der Waals surface area contributed by atoms with Gasteiger partial charge >= 0.3 is 5.97 Å². The zero-order valence-corrected chi connectivity index (χ0v) is 11.7. The molecule has 6 heteroatoms. The van der Waals surface area contributed by atoms with Crippen molar-refractivity contribution >= 4 is 23.3 Å². The van der Waals surface area contributed by atoms with Gasteiger partial charge in [0.15, 0.2) is 5.11 Å². The van der Waals surface area contributed by atoms with E-state index in [1.807, 2.05) is 13.8 Å². The van der Waals surface area contributed by atoms with Gasteiger partial charge in [-0.05, 0) is 31.6 Å². The Hall–Kier alpha value is -1.82. The smallest absolute Gasteiger partial charge is 0.338 e. The van der Waals surface area contributed by atoms with Crippen molar-refractivity contribution in [1.29, 1.82) is 0 Å². The summed E-state index contributed by atoms with van der Waals surface area (Å²) in [6.07, 6.45) is 3.94. The zero-order valence-electron chi connectivity index (χ0n) is 10.9. The molecule has 0 aromatic carbocycles. The second-order valence-corrected chi connectivity index (χ2v) is 4.67. The molecule has 1 aromatic rings. The van der Waals surface area contributed by atoms with E-state index in [4.69, 9.17) is 21.4 Å². The van der Waals surface area contributed by atoms with Gasteiger partial charge in [0.05, 0.1) is 30.7 Å². The van der Waals surface area contributed by atoms with E-state index in [9.17, 15) is 4.79 Å². The maximum absolute atomic E-state index is 12.1. The lowest BCUT2D eigenvalue weighted by Gasteiger charge is -2.28. The number of ether oxygens (including phenoxy) is 1. The molecule has 0 amide bonds. The third-order valence-electron chi connectivity index (χ3n) is 2.80. The minimum absolute atomic E-state index is 0.336. The minimum Gasteiger partial charge on any atom is -0.472 e. The summed E-state index contributed by atoms with van der Waals surface area (Å²) in [7, 11) is 0. The van der Waals surface area contributed by atoms with E-state index in [1.54, 1.807) is 18.6 Å². The molecule has 1 aliphatic rings. The van der Waals surface area contributed by atoms with Crippen molar-refractivity contribution in [2.45, 2.75) is 26.3 Å². The Kier molecular flexibility index (Phi) is 4.21. The average Bonchev–Trinajstić information content (AvgIpc) is 2.88. The van der Waals surface area contributed by atoms with Crippen molar-refractivity contribution in [2.24, 2.45) is 0 Å². The molecule has 0 radical (unpaired) electrons. The largest absolute Gasteiger partial charge is 0.472 e. The molecule has 19 heavy (non-hydrogen) atoms. The summed E-state index contributed by atoms with van der Waals surface area (Å²) >= 11 is 5.12. The second kappa shape index (κ2) is 5.88. The summed E-state index contributed by atoms with van der Waals surface area (Å²) in [4.78, 5) is 12.1. The van der Waals surface area contributed by atoms with Crippen LogP contribution in [0.4, 0.5) is 0 Å². The number of esters is 1. The van der Waals surface area contributed by atoms with Gasteiger partial charge in [-0.25, -0.2) is 4.79 Å². The van der Waals surface area contributed by atoms with Gasteiger partial charge in [0, 0.05) is 11.3 Å². The van der Waals surface area contributed by atoms with Crippen molar-refractivity contribution in [1.82, 2.24) is 10.6 Å². The molecule has 2 heterocycles. The number of carbonyl (C=O) groups excluding carboxylic acids is 1. The topological polar surface area (TPSA) is 63.5 Å². The average molecular weight is 280 g/mol. The van der Waals surface area contributed by atoms with E-state index in [0.717, 1.165) is 12.0 Å². The highest BCUT2D eigenvalue weighted by molar-refractivity contribution is 7.80. The Morgan fingerprint density at radius 3 is 3.00 bits per heavy atom. The lowest BCUT2D eigenvalue weighted by atomic mass is 9.98. The Bertz CT molecular complexity index is 508. The minimum atomic E-state index is -0.340. The molecule has 1 atom stereocenters. The Morgan fingerprint density at radius 1 is 1.58 bits per heavy atom. The molecule has 2 rings (SSSR count). The molecule has 0 fully saturated rings. The number of carbonyl (C=O) groups is 1. The molecular weight excluding hydrogens is 264 g/mol. The third kappa shape index (κ3) is 2.96. The summed E-state index contributed by atoms with van der Waals surface area (Å²) in [6.45, 7) is 4.16. The summed E-state index contributed by atoms with van der Waals surface area (Å²) in [5, 5.41) is 6.49. The fraction of sp³-hybridized carbons (Fsp3) is 0.385. The maximum Gasteiger partial charge on any atom is 0.338 e. The van der Waals surface area contributed by atoms with Crippen LogP contribution in [0.1, 0.15) is 31.9 Å². The molecule has 0 bridgehead atoms. The Morgan fingerprint density at radius 2 is 2.37 bits per heavy atom. The SMILES string of the molecule is CCCOC(=O)C1=C(C)NC(=S)NC1c1ccoc1. The van der Waals surface area contributed by atoms with Crippen molar-refractivity contribution in [2.75, 3.05) is 6.61 Å². The number of hydrogen-bond acceptors (Lipinski definition) is 4. The molecule has 1 unspecified atom stereocenters. The number of nitrogens with one attached hydrogen (secondary N) is 2. The van der Waals surface area contributed by atoms with Crippen molar-refractivity contribution in [3.05, 3.63) is 35.4 Å². The zero-order chi connectivity index (χ0) is 13.8. The summed E-state index contributed by atoms with van der Waals surface area (Å²) in [5.41, 5.74) is 2.08. The first kappa shape index (κ1) is 13.6. The van der Waals surface area contributed by atoms with Crippen molar-refractivity contribution in [3.8, 4) is 0 Å². The fourth-order valence-corrected chi connectivity index (χ4v) is 2.20. The van der Waals surface area contributed by atoms with E-state index >= 15 is 0 Å². The van der Waals surface area contributed by atoms with Crippen LogP contribution in [0.5, 0.6) is 0 Å². The number of rotatable bonds is 4. The number of furan rings is 1. The van der Waals surface area contributed by atoms with Gasteiger partial charge in [0.2, 0.25) is 0 Å². The van der Waals surface area contributed by atoms with Gasteiger partial charge < -0.3 is 19.8 Å². The highest BCUT2D eigenvalue weighted by Crippen LogP contribution is 2.27. The van der Waals surface area contributed by atoms with Crippen LogP contribution in [0.3, 0.4) is 0 Å². The summed E-state index contributed by atoms with van der Waals surface area (Å²) in [6, 6.07) is 1.46. The highest BCUT2D eigenvalue weighted by Gasteiger charge is 2.31. The van der Waals surface area contributed by atoms with Crippen LogP contribution >= 0.6 is 12.2 Å². The Balaban J connectivity index is 2.31. The highest BCUT2D eigenvalue weighted by atomic mass is 32.1. The first-order chi connectivity index (χ1) is 9.13. The van der Waals surface area contributed by atoms with Crippen LogP contribution in [0, 0.1) is 0 Å².